The van der Waals surface area contributed by atoms with E-state index in [1.807, 2.05) is 0 Å². The normalized spacial score (nSPS) is 14.6. The molecule has 7 atom stereocenters. The van der Waals surface area contributed by atoms with Crippen LogP contribution >= 0.6 is 15.6 Å². The van der Waals surface area contributed by atoms with Crippen LogP contribution in [0, 0.1) is 23.7 Å². The minimum atomic E-state index is -4.96. The van der Waals surface area contributed by atoms with Crippen LogP contribution in [0.2, 0.25) is 0 Å². The Labute approximate surface area is 600 Å². The van der Waals surface area contributed by atoms with Crippen LogP contribution in [0.1, 0.15) is 402 Å². The van der Waals surface area contributed by atoms with E-state index in [4.69, 9.17) is 37.0 Å². The molecule has 0 saturated carbocycles. The van der Waals surface area contributed by atoms with Gasteiger partial charge in [-0.05, 0) is 49.4 Å². The monoisotopic (exact) mass is 1440 g/mol. The van der Waals surface area contributed by atoms with Crippen LogP contribution in [0.3, 0.4) is 0 Å². The Balaban J connectivity index is 5.18. The summed E-state index contributed by atoms with van der Waals surface area (Å²) in [5.74, 6) is 0.985. The summed E-state index contributed by atoms with van der Waals surface area (Å²) in [4.78, 5) is 72.9. The molecule has 0 spiro atoms. The molecule has 0 amide bonds. The van der Waals surface area contributed by atoms with Crippen LogP contribution in [-0.4, -0.2) is 96.7 Å². The number of ether oxygens (including phenoxy) is 4. The number of phosphoric acid groups is 2. The number of rotatable bonds is 76. The van der Waals surface area contributed by atoms with Crippen molar-refractivity contribution in [2.45, 2.75) is 420 Å². The number of aliphatic hydroxyl groups is 1. The van der Waals surface area contributed by atoms with E-state index < -0.39 is 97.5 Å². The Hall–Kier alpha value is -1.94. The third-order valence-corrected chi connectivity index (χ3v) is 20.9. The molecule has 0 fully saturated rings. The lowest BCUT2D eigenvalue weighted by atomic mass is 9.99. The second kappa shape index (κ2) is 68.2. The first-order valence-corrected chi connectivity index (χ1v) is 43.8. The fraction of sp³-hybridized carbons (Fsp3) is 0.949. The first kappa shape index (κ1) is 96.1. The molecule has 0 heterocycles. The van der Waals surface area contributed by atoms with E-state index in [9.17, 15) is 43.2 Å². The maximum absolute atomic E-state index is 13.1. The van der Waals surface area contributed by atoms with Crippen molar-refractivity contribution in [2.75, 3.05) is 39.6 Å². The number of phosphoric ester groups is 2. The van der Waals surface area contributed by atoms with Gasteiger partial charge in [-0.3, -0.25) is 37.3 Å². The first-order chi connectivity index (χ1) is 47.2. The molecular formula is C79H154O17P2. The zero-order chi connectivity index (χ0) is 72.4. The Morgan fingerprint density at radius 2 is 0.490 bits per heavy atom. The summed E-state index contributed by atoms with van der Waals surface area (Å²) >= 11 is 0. The summed E-state index contributed by atoms with van der Waals surface area (Å²) in [6, 6.07) is 0. The van der Waals surface area contributed by atoms with E-state index in [1.54, 1.807) is 0 Å². The van der Waals surface area contributed by atoms with Crippen LogP contribution < -0.4 is 0 Å². The second-order valence-corrected chi connectivity index (χ2v) is 32.8. The van der Waals surface area contributed by atoms with Crippen LogP contribution in [0.5, 0.6) is 0 Å². The van der Waals surface area contributed by atoms with Crippen molar-refractivity contribution in [3.63, 3.8) is 0 Å². The number of unbranched alkanes of at least 4 members (excludes halogenated alkanes) is 40. The number of hydrogen-bond acceptors (Lipinski definition) is 15. The molecule has 0 bridgehead atoms. The highest BCUT2D eigenvalue weighted by atomic mass is 31.2. The highest BCUT2D eigenvalue weighted by Gasteiger charge is 2.30. The summed E-state index contributed by atoms with van der Waals surface area (Å²) < 4.78 is 68.6. The highest BCUT2D eigenvalue weighted by Crippen LogP contribution is 2.45. The summed E-state index contributed by atoms with van der Waals surface area (Å²) in [6.45, 7) is 14.2. The summed E-state index contributed by atoms with van der Waals surface area (Å²) in [5, 5.41) is 10.6. The van der Waals surface area contributed by atoms with E-state index in [2.05, 4.69) is 55.4 Å². The summed E-state index contributed by atoms with van der Waals surface area (Å²) in [6.07, 6.45) is 54.2. The van der Waals surface area contributed by atoms with E-state index in [1.165, 1.54) is 199 Å². The van der Waals surface area contributed by atoms with Crippen LogP contribution in [0.4, 0.5) is 0 Å². The smallest absolute Gasteiger partial charge is 0.462 e. The van der Waals surface area contributed by atoms with Crippen molar-refractivity contribution in [2.24, 2.45) is 23.7 Å². The fourth-order valence-corrected chi connectivity index (χ4v) is 13.6. The third-order valence-electron chi connectivity index (χ3n) is 19.0. The average Bonchev–Trinajstić information content (AvgIpc) is 1.18. The molecule has 3 N–H and O–H groups in total. The molecule has 19 heteroatoms. The molecule has 0 aliphatic heterocycles. The predicted molar refractivity (Wildman–Crippen MR) is 400 cm³/mol. The minimum absolute atomic E-state index is 0.106. The molecule has 0 aromatic carbocycles. The van der Waals surface area contributed by atoms with Gasteiger partial charge in [0.2, 0.25) is 0 Å². The van der Waals surface area contributed by atoms with Gasteiger partial charge in [-0.1, -0.05) is 351 Å². The number of aliphatic hydroxyl groups excluding tert-OH is 1. The molecular weight excluding hydrogens is 1280 g/mol. The molecule has 582 valence electrons. The SMILES string of the molecule is CCC(C)CCCCCCCCCCCCCCCCCCCCC(=O)O[C@H](COC(=O)CCCCCCCCC(C)CC)COP(=O)(O)OC[C@H](O)COP(=O)(O)OC[C@@H](COC(=O)CCCCCCCCCCC(C)C)OC(=O)CCCCCCCCCCCCCCC(C)C. The highest BCUT2D eigenvalue weighted by molar-refractivity contribution is 7.47. The fourth-order valence-electron chi connectivity index (χ4n) is 12.0. The molecule has 0 aliphatic rings. The number of esters is 4. The summed E-state index contributed by atoms with van der Waals surface area (Å²) in [7, 11) is -9.92. The van der Waals surface area contributed by atoms with Gasteiger partial charge < -0.3 is 33.8 Å². The second-order valence-electron chi connectivity index (χ2n) is 29.9. The van der Waals surface area contributed by atoms with Gasteiger partial charge in [0.05, 0.1) is 26.4 Å². The van der Waals surface area contributed by atoms with Crippen molar-refractivity contribution in [3.05, 3.63) is 0 Å². The number of carbonyl (C=O) groups excluding carboxylic acids is 4. The van der Waals surface area contributed by atoms with Gasteiger partial charge >= 0.3 is 39.5 Å². The maximum atomic E-state index is 13.1. The largest absolute Gasteiger partial charge is 0.472 e. The van der Waals surface area contributed by atoms with Gasteiger partial charge in [-0.2, -0.15) is 0 Å². The van der Waals surface area contributed by atoms with Crippen LogP contribution in [0.25, 0.3) is 0 Å². The van der Waals surface area contributed by atoms with Crippen molar-refractivity contribution in [1.82, 2.24) is 0 Å². The molecule has 0 saturated heterocycles. The van der Waals surface area contributed by atoms with E-state index in [0.29, 0.717) is 25.7 Å². The lowest BCUT2D eigenvalue weighted by Crippen LogP contribution is -2.30. The van der Waals surface area contributed by atoms with Crippen molar-refractivity contribution in [3.8, 4) is 0 Å². The van der Waals surface area contributed by atoms with Crippen LogP contribution in [0.15, 0.2) is 0 Å². The van der Waals surface area contributed by atoms with Gasteiger partial charge in [0.1, 0.15) is 19.3 Å². The lowest BCUT2D eigenvalue weighted by Gasteiger charge is -2.21. The molecule has 98 heavy (non-hydrogen) atoms. The van der Waals surface area contributed by atoms with E-state index in [0.717, 1.165) is 120 Å². The van der Waals surface area contributed by atoms with Gasteiger partial charge in [-0.25, -0.2) is 9.13 Å². The van der Waals surface area contributed by atoms with Gasteiger partial charge in [0, 0.05) is 25.7 Å². The minimum Gasteiger partial charge on any atom is -0.462 e. The predicted octanol–water partition coefficient (Wildman–Crippen LogP) is 23.2. The standard InChI is InChI=1S/C79H154O17P2/c1-9-71(7)57-49-41-33-26-22-17-15-13-11-12-14-16-18-23-27-35-45-53-61-79(84)96-75(66-90-77(82)60-52-44-38-37-42-50-58-72(8)10-2)68-94-98(87,88)92-64-73(80)63-91-97(85,86)93-67-74(65-89-76(81)59-51-43-34-30-29-32-40-48-56-70(5)6)95-78(83)62-54-46-36-28-24-20-19-21-25-31-39-47-55-69(3)4/h69-75,80H,9-68H2,1-8H3,(H,85,86)(H,87,88)/t71?,72?,73-,74-,75-/m1/s1. The van der Waals surface area contributed by atoms with Gasteiger partial charge in [-0.15, -0.1) is 0 Å². The van der Waals surface area contributed by atoms with E-state index >= 15 is 0 Å². The van der Waals surface area contributed by atoms with Gasteiger partial charge in [0.15, 0.2) is 12.2 Å². The molecule has 0 radical (unpaired) electrons. The maximum Gasteiger partial charge on any atom is 0.472 e. The van der Waals surface area contributed by atoms with Crippen LogP contribution in [-0.2, 0) is 65.4 Å². The Kier molecular flexibility index (Phi) is 66.8. The molecule has 17 nitrogen and oxygen atoms in total. The molecule has 4 unspecified atom stereocenters. The quantitative estimate of drug-likeness (QED) is 0.0222. The van der Waals surface area contributed by atoms with Crippen molar-refractivity contribution >= 4 is 39.5 Å². The zero-order valence-electron chi connectivity index (χ0n) is 64.4. The molecule has 0 aliphatic carbocycles. The first-order valence-electron chi connectivity index (χ1n) is 40.8. The Morgan fingerprint density at radius 3 is 0.724 bits per heavy atom. The Morgan fingerprint density at radius 1 is 0.286 bits per heavy atom. The van der Waals surface area contributed by atoms with Crippen molar-refractivity contribution in [1.29, 1.82) is 0 Å². The molecule has 0 rings (SSSR count). The summed E-state index contributed by atoms with van der Waals surface area (Å²) in [5.41, 5.74) is 0. The topological polar surface area (TPSA) is 237 Å². The lowest BCUT2D eigenvalue weighted by molar-refractivity contribution is -0.161. The van der Waals surface area contributed by atoms with Gasteiger partial charge in [0.25, 0.3) is 0 Å². The molecule has 0 aromatic rings. The zero-order valence-corrected chi connectivity index (χ0v) is 66.2. The third kappa shape index (κ3) is 69.8. The number of hydrogen-bond donors (Lipinski definition) is 3. The van der Waals surface area contributed by atoms with E-state index in [-0.39, 0.29) is 25.7 Å². The number of carbonyl (C=O) groups is 4. The average molecular weight is 1440 g/mol. The van der Waals surface area contributed by atoms with Crippen molar-refractivity contribution < 1.29 is 80.2 Å². The molecule has 0 aromatic heterocycles. The Bertz CT molecular complexity index is 1920.